The summed E-state index contributed by atoms with van der Waals surface area (Å²) in [4.78, 5) is 11.7. The van der Waals surface area contributed by atoms with Gasteiger partial charge in [-0.2, -0.15) is 9.97 Å². The Kier molecular flexibility index (Phi) is 1.87. The molecule has 2 aromatic rings. The van der Waals surface area contributed by atoms with Crippen LogP contribution in [0.2, 0.25) is 0 Å². The Balaban J connectivity index is 2.41. The minimum atomic E-state index is 0.274. The second-order valence-electron chi connectivity index (χ2n) is 2.17. The zero-order valence-corrected chi connectivity index (χ0v) is 6.84. The van der Waals surface area contributed by atoms with Crippen molar-refractivity contribution < 1.29 is 9.26 Å². The molecule has 0 aliphatic heterocycles. The minimum absolute atomic E-state index is 0.274. The van der Waals surface area contributed by atoms with Gasteiger partial charge in [-0.1, -0.05) is 5.16 Å². The van der Waals surface area contributed by atoms with Crippen molar-refractivity contribution in [3.05, 3.63) is 18.6 Å². The lowest BCUT2D eigenvalue weighted by atomic mass is 10.4. The van der Waals surface area contributed by atoms with Crippen LogP contribution in [0.3, 0.4) is 0 Å². The first-order chi connectivity index (χ1) is 6.40. The van der Waals surface area contributed by atoms with Crippen molar-refractivity contribution in [1.82, 2.24) is 20.1 Å². The molecule has 66 valence electrons. The van der Waals surface area contributed by atoms with Crippen LogP contribution in [0.15, 0.2) is 23.1 Å². The van der Waals surface area contributed by atoms with Gasteiger partial charge in [-0.3, -0.25) is 0 Å². The molecule has 0 radical (unpaired) electrons. The van der Waals surface area contributed by atoms with Gasteiger partial charge < -0.3 is 9.26 Å². The number of ether oxygens (including phenoxy) is 1. The minimum Gasteiger partial charge on any atom is -0.467 e. The molecule has 0 aromatic carbocycles. The normalized spacial score (nSPS) is 9.92. The number of hydrogen-bond donors (Lipinski definition) is 0. The van der Waals surface area contributed by atoms with Crippen molar-refractivity contribution in [2.45, 2.75) is 0 Å². The second kappa shape index (κ2) is 3.18. The molecule has 6 nitrogen and oxygen atoms in total. The standard InChI is InChI=1S/C7H6N4O2/c1-12-7-8-3-2-5(11-7)6-9-4-10-13-6/h2-4H,1H3. The molecule has 2 heterocycles. The van der Waals surface area contributed by atoms with Crippen molar-refractivity contribution in [2.75, 3.05) is 7.11 Å². The molecule has 0 fully saturated rings. The first kappa shape index (κ1) is 7.66. The molecule has 0 unspecified atom stereocenters. The molecule has 0 aliphatic rings. The first-order valence-electron chi connectivity index (χ1n) is 3.54. The third-order valence-electron chi connectivity index (χ3n) is 1.40. The summed E-state index contributed by atoms with van der Waals surface area (Å²) in [7, 11) is 1.49. The summed E-state index contributed by atoms with van der Waals surface area (Å²) in [5.41, 5.74) is 0.546. The fraction of sp³-hybridized carbons (Fsp3) is 0.143. The zero-order chi connectivity index (χ0) is 9.10. The number of aromatic nitrogens is 4. The van der Waals surface area contributed by atoms with Crippen LogP contribution in [0.4, 0.5) is 0 Å². The average molecular weight is 178 g/mol. The van der Waals surface area contributed by atoms with Crippen LogP contribution in [-0.2, 0) is 0 Å². The average Bonchev–Trinajstić information content (AvgIpc) is 2.71. The van der Waals surface area contributed by atoms with E-state index in [1.807, 2.05) is 0 Å². The maximum atomic E-state index is 4.84. The zero-order valence-electron chi connectivity index (χ0n) is 6.84. The van der Waals surface area contributed by atoms with E-state index in [1.165, 1.54) is 13.4 Å². The Bertz CT molecular complexity index is 387. The molecule has 0 N–H and O–H groups in total. The van der Waals surface area contributed by atoms with Gasteiger partial charge in [-0.05, 0) is 6.07 Å². The van der Waals surface area contributed by atoms with Crippen molar-refractivity contribution in [2.24, 2.45) is 0 Å². The Morgan fingerprint density at radius 1 is 1.38 bits per heavy atom. The molecule has 0 spiro atoms. The summed E-state index contributed by atoms with van der Waals surface area (Å²) < 4.78 is 9.65. The van der Waals surface area contributed by atoms with E-state index in [1.54, 1.807) is 12.3 Å². The molecule has 0 amide bonds. The highest BCUT2D eigenvalue weighted by Gasteiger charge is 2.06. The lowest BCUT2D eigenvalue weighted by Gasteiger charge is -1.96. The molecule has 6 heteroatoms. The van der Waals surface area contributed by atoms with Crippen LogP contribution in [-0.4, -0.2) is 27.2 Å². The highest BCUT2D eigenvalue weighted by Crippen LogP contribution is 2.13. The maximum Gasteiger partial charge on any atom is 0.316 e. The van der Waals surface area contributed by atoms with Crippen molar-refractivity contribution in [1.29, 1.82) is 0 Å². The van der Waals surface area contributed by atoms with Crippen LogP contribution >= 0.6 is 0 Å². The summed E-state index contributed by atoms with van der Waals surface area (Å²) in [6.07, 6.45) is 2.87. The maximum absolute atomic E-state index is 4.84. The molecule has 2 rings (SSSR count). The van der Waals surface area contributed by atoms with Crippen LogP contribution in [0, 0.1) is 0 Å². The van der Waals surface area contributed by atoms with Gasteiger partial charge in [0.1, 0.15) is 5.69 Å². The highest BCUT2D eigenvalue weighted by atomic mass is 16.5. The molecule has 0 atom stereocenters. The molecular weight excluding hydrogens is 172 g/mol. The molecule has 0 saturated heterocycles. The van der Waals surface area contributed by atoms with E-state index < -0.39 is 0 Å². The van der Waals surface area contributed by atoms with E-state index in [-0.39, 0.29) is 6.01 Å². The Morgan fingerprint density at radius 3 is 3.00 bits per heavy atom. The molecule has 0 saturated carbocycles. The van der Waals surface area contributed by atoms with Gasteiger partial charge >= 0.3 is 6.01 Å². The predicted octanol–water partition coefficient (Wildman–Crippen LogP) is 0.535. The summed E-state index contributed by atoms with van der Waals surface area (Å²) in [5, 5.41) is 3.47. The van der Waals surface area contributed by atoms with Crippen LogP contribution in [0.5, 0.6) is 6.01 Å². The van der Waals surface area contributed by atoms with E-state index in [4.69, 9.17) is 9.26 Å². The van der Waals surface area contributed by atoms with Gasteiger partial charge in [0, 0.05) is 6.20 Å². The number of rotatable bonds is 2. The first-order valence-corrected chi connectivity index (χ1v) is 3.54. The summed E-state index contributed by atoms with van der Waals surface area (Å²) in [6, 6.07) is 1.94. The second-order valence-corrected chi connectivity index (χ2v) is 2.17. The Labute approximate surface area is 73.6 Å². The van der Waals surface area contributed by atoms with E-state index in [0.717, 1.165) is 0 Å². The lowest BCUT2D eigenvalue weighted by molar-refractivity contribution is 0.378. The number of nitrogens with zero attached hydrogens (tertiary/aromatic N) is 4. The quantitative estimate of drug-likeness (QED) is 0.667. The topological polar surface area (TPSA) is 73.9 Å². The van der Waals surface area contributed by atoms with Gasteiger partial charge in [0.05, 0.1) is 7.11 Å². The SMILES string of the molecule is COc1nccc(-c2ncno2)n1. The van der Waals surface area contributed by atoms with E-state index >= 15 is 0 Å². The summed E-state index contributed by atoms with van der Waals surface area (Å²) >= 11 is 0. The Hall–Kier alpha value is -1.98. The molecule has 0 aliphatic carbocycles. The lowest BCUT2D eigenvalue weighted by Crippen LogP contribution is -1.92. The van der Waals surface area contributed by atoms with Gasteiger partial charge in [-0.25, -0.2) is 4.98 Å². The van der Waals surface area contributed by atoms with Crippen LogP contribution < -0.4 is 4.74 Å². The van der Waals surface area contributed by atoms with Gasteiger partial charge in [0.25, 0.3) is 5.89 Å². The van der Waals surface area contributed by atoms with E-state index in [2.05, 4.69) is 20.1 Å². The van der Waals surface area contributed by atoms with Crippen LogP contribution in [0.1, 0.15) is 0 Å². The van der Waals surface area contributed by atoms with Gasteiger partial charge in [0.15, 0.2) is 6.33 Å². The Morgan fingerprint density at radius 2 is 2.31 bits per heavy atom. The van der Waals surface area contributed by atoms with Crippen LogP contribution in [0.25, 0.3) is 11.6 Å². The fourth-order valence-corrected chi connectivity index (χ4v) is 0.844. The summed E-state index contributed by atoms with van der Waals surface area (Å²) in [5.74, 6) is 0.348. The molecular formula is C7H6N4O2. The van der Waals surface area contributed by atoms with E-state index in [9.17, 15) is 0 Å². The number of hydrogen-bond acceptors (Lipinski definition) is 6. The van der Waals surface area contributed by atoms with Gasteiger partial charge in [-0.15, -0.1) is 0 Å². The smallest absolute Gasteiger partial charge is 0.316 e. The summed E-state index contributed by atoms with van der Waals surface area (Å²) in [6.45, 7) is 0. The third-order valence-corrected chi connectivity index (χ3v) is 1.40. The molecule has 13 heavy (non-hydrogen) atoms. The van der Waals surface area contributed by atoms with E-state index in [0.29, 0.717) is 11.6 Å². The highest BCUT2D eigenvalue weighted by molar-refractivity contribution is 5.45. The monoisotopic (exact) mass is 178 g/mol. The van der Waals surface area contributed by atoms with Crippen molar-refractivity contribution in [3.63, 3.8) is 0 Å². The molecule has 0 bridgehead atoms. The fourth-order valence-electron chi connectivity index (χ4n) is 0.844. The predicted molar refractivity (Wildman–Crippen MR) is 41.9 cm³/mol. The van der Waals surface area contributed by atoms with Crippen molar-refractivity contribution in [3.8, 4) is 17.6 Å². The van der Waals surface area contributed by atoms with Crippen molar-refractivity contribution >= 4 is 0 Å². The number of methoxy groups -OCH3 is 1. The third kappa shape index (κ3) is 1.46. The largest absolute Gasteiger partial charge is 0.467 e. The van der Waals surface area contributed by atoms with Gasteiger partial charge in [0.2, 0.25) is 0 Å². The molecule has 2 aromatic heterocycles.